The van der Waals surface area contributed by atoms with E-state index >= 15 is 0 Å². The Morgan fingerprint density at radius 3 is 2.85 bits per heavy atom. The molecule has 1 saturated heterocycles. The van der Waals surface area contributed by atoms with Crippen LogP contribution in [0.1, 0.15) is 30.7 Å². The highest BCUT2D eigenvalue weighted by molar-refractivity contribution is 5.60. The van der Waals surface area contributed by atoms with Crippen molar-refractivity contribution in [3.05, 3.63) is 29.8 Å². The Morgan fingerprint density at radius 2 is 2.05 bits per heavy atom. The van der Waals surface area contributed by atoms with Crippen LogP contribution in [0.4, 0.5) is 5.69 Å². The number of hydrogen-bond donors (Lipinski definition) is 1. The predicted octanol–water partition coefficient (Wildman–Crippen LogP) is 2.63. The van der Waals surface area contributed by atoms with E-state index < -0.39 is 0 Å². The number of ether oxygens (including phenoxy) is 1. The molecule has 0 bridgehead atoms. The summed E-state index contributed by atoms with van der Waals surface area (Å²) in [6, 6.07) is 8.98. The van der Waals surface area contributed by atoms with Crippen molar-refractivity contribution in [3.63, 3.8) is 0 Å². The second-order valence-corrected chi connectivity index (χ2v) is 6.11. The third-order valence-corrected chi connectivity index (χ3v) is 4.72. The average molecular weight is 274 g/mol. The minimum atomic E-state index is 0.693. The molecule has 1 aromatic rings. The summed E-state index contributed by atoms with van der Waals surface area (Å²) in [5.41, 5.74) is 3.02. The average Bonchev–Trinajstić information content (AvgIpc) is 2.85. The van der Waals surface area contributed by atoms with E-state index in [1.807, 2.05) is 7.05 Å². The van der Waals surface area contributed by atoms with Crippen molar-refractivity contribution < 1.29 is 4.74 Å². The van der Waals surface area contributed by atoms with E-state index in [1.54, 1.807) is 5.56 Å². The van der Waals surface area contributed by atoms with Gasteiger partial charge in [0.15, 0.2) is 0 Å². The van der Waals surface area contributed by atoms with Gasteiger partial charge in [-0.25, -0.2) is 0 Å². The van der Waals surface area contributed by atoms with Crippen LogP contribution in [0.3, 0.4) is 0 Å². The van der Waals surface area contributed by atoms with Crippen LogP contribution in [0.15, 0.2) is 24.3 Å². The van der Waals surface area contributed by atoms with Gasteiger partial charge in [0.2, 0.25) is 0 Å². The molecule has 3 heteroatoms. The molecule has 1 unspecified atom stereocenters. The van der Waals surface area contributed by atoms with Gasteiger partial charge in [0.1, 0.15) is 0 Å². The summed E-state index contributed by atoms with van der Waals surface area (Å²) in [6.07, 6.45) is 3.68. The lowest BCUT2D eigenvalue weighted by Gasteiger charge is -2.29. The molecule has 3 nitrogen and oxygen atoms in total. The minimum absolute atomic E-state index is 0.693. The van der Waals surface area contributed by atoms with Gasteiger partial charge in [-0.05, 0) is 50.4 Å². The van der Waals surface area contributed by atoms with Crippen molar-refractivity contribution in [3.8, 4) is 0 Å². The van der Waals surface area contributed by atoms with Crippen LogP contribution in [0.2, 0.25) is 0 Å². The number of hydrogen-bond acceptors (Lipinski definition) is 3. The number of fused-ring (bicyclic) bond motifs is 1. The summed E-state index contributed by atoms with van der Waals surface area (Å²) in [5.74, 6) is 1.50. The number of benzene rings is 1. The topological polar surface area (TPSA) is 24.5 Å². The van der Waals surface area contributed by atoms with Crippen molar-refractivity contribution in [1.82, 2.24) is 5.32 Å². The van der Waals surface area contributed by atoms with Gasteiger partial charge in [0.05, 0.1) is 0 Å². The molecule has 20 heavy (non-hydrogen) atoms. The number of nitrogens with zero attached hydrogens (tertiary/aromatic N) is 1. The quantitative estimate of drug-likeness (QED) is 0.893. The standard InChI is InChI=1S/C17H26N2O/c1-18-9-6-15-13-19(12-14-7-10-20-11-8-14)17-5-3-2-4-16(15)17/h2-5,14-15,18H,6-13H2,1H3. The third-order valence-electron chi connectivity index (χ3n) is 4.72. The van der Waals surface area contributed by atoms with Crippen LogP contribution >= 0.6 is 0 Å². The number of nitrogens with one attached hydrogen (secondary N) is 1. The van der Waals surface area contributed by atoms with E-state index in [0.717, 1.165) is 25.7 Å². The molecule has 0 amide bonds. The molecule has 1 aromatic carbocycles. The largest absolute Gasteiger partial charge is 0.381 e. The smallest absolute Gasteiger partial charge is 0.0469 e. The van der Waals surface area contributed by atoms with Crippen LogP contribution in [0.5, 0.6) is 0 Å². The number of anilines is 1. The third kappa shape index (κ3) is 2.99. The van der Waals surface area contributed by atoms with Crippen molar-refractivity contribution in [2.75, 3.05) is 44.8 Å². The molecule has 2 heterocycles. The highest BCUT2D eigenvalue weighted by atomic mass is 16.5. The van der Waals surface area contributed by atoms with Crippen LogP contribution in [0, 0.1) is 5.92 Å². The fourth-order valence-electron chi connectivity index (χ4n) is 3.56. The fraction of sp³-hybridized carbons (Fsp3) is 0.647. The van der Waals surface area contributed by atoms with Gasteiger partial charge in [-0.15, -0.1) is 0 Å². The van der Waals surface area contributed by atoms with Crippen molar-refractivity contribution in [2.45, 2.75) is 25.2 Å². The van der Waals surface area contributed by atoms with Gasteiger partial charge < -0.3 is 15.0 Å². The van der Waals surface area contributed by atoms with Gasteiger partial charge in [-0.2, -0.15) is 0 Å². The van der Waals surface area contributed by atoms with Crippen LogP contribution in [-0.2, 0) is 4.74 Å². The Bertz CT molecular complexity index is 429. The first-order valence-electron chi connectivity index (χ1n) is 7.94. The van der Waals surface area contributed by atoms with E-state index in [-0.39, 0.29) is 0 Å². The van der Waals surface area contributed by atoms with E-state index in [9.17, 15) is 0 Å². The maximum Gasteiger partial charge on any atom is 0.0469 e. The maximum atomic E-state index is 5.48. The summed E-state index contributed by atoms with van der Waals surface area (Å²) in [6.45, 7) is 5.39. The zero-order chi connectivity index (χ0) is 13.8. The Labute approximate surface area is 122 Å². The van der Waals surface area contributed by atoms with Crippen molar-refractivity contribution >= 4 is 5.69 Å². The summed E-state index contributed by atoms with van der Waals surface area (Å²) in [4.78, 5) is 2.62. The molecule has 1 atom stereocenters. The Morgan fingerprint density at radius 1 is 1.25 bits per heavy atom. The lowest BCUT2D eigenvalue weighted by atomic mass is 9.98. The first-order valence-corrected chi connectivity index (χ1v) is 7.94. The lowest BCUT2D eigenvalue weighted by Crippen LogP contribution is -2.32. The van der Waals surface area contributed by atoms with Crippen LogP contribution in [-0.4, -0.2) is 39.9 Å². The van der Waals surface area contributed by atoms with Crippen molar-refractivity contribution in [2.24, 2.45) is 5.92 Å². The molecule has 1 N–H and O–H groups in total. The van der Waals surface area contributed by atoms with E-state index in [4.69, 9.17) is 4.74 Å². The molecule has 2 aliphatic heterocycles. The van der Waals surface area contributed by atoms with Crippen LogP contribution < -0.4 is 10.2 Å². The zero-order valence-electron chi connectivity index (χ0n) is 12.5. The van der Waals surface area contributed by atoms with Gasteiger partial charge in [0.25, 0.3) is 0 Å². The lowest BCUT2D eigenvalue weighted by molar-refractivity contribution is 0.0683. The monoisotopic (exact) mass is 274 g/mol. The molecule has 0 spiro atoms. The summed E-state index contributed by atoms with van der Waals surface area (Å²) >= 11 is 0. The van der Waals surface area contributed by atoms with Gasteiger partial charge in [0, 0.05) is 37.9 Å². The second-order valence-electron chi connectivity index (χ2n) is 6.11. The summed E-state index contributed by atoms with van der Waals surface area (Å²) < 4.78 is 5.48. The molecule has 1 fully saturated rings. The maximum absolute atomic E-state index is 5.48. The SMILES string of the molecule is CNCCC1CN(CC2CCOCC2)c2ccccc21. The Kier molecular flexibility index (Phi) is 4.58. The second kappa shape index (κ2) is 6.59. The first kappa shape index (κ1) is 13.9. The van der Waals surface area contributed by atoms with Gasteiger partial charge >= 0.3 is 0 Å². The van der Waals surface area contributed by atoms with E-state index in [2.05, 4.69) is 34.5 Å². The van der Waals surface area contributed by atoms with Gasteiger partial charge in [-0.3, -0.25) is 0 Å². The molecule has 0 aromatic heterocycles. The zero-order valence-corrected chi connectivity index (χ0v) is 12.5. The first-order chi connectivity index (χ1) is 9.88. The highest BCUT2D eigenvalue weighted by Crippen LogP contribution is 2.38. The number of rotatable bonds is 5. The predicted molar refractivity (Wildman–Crippen MR) is 83.5 cm³/mol. The Balaban J connectivity index is 1.69. The molecule has 3 rings (SSSR count). The minimum Gasteiger partial charge on any atom is -0.381 e. The molecular formula is C17H26N2O. The van der Waals surface area contributed by atoms with E-state index in [0.29, 0.717) is 5.92 Å². The van der Waals surface area contributed by atoms with Crippen molar-refractivity contribution in [1.29, 1.82) is 0 Å². The molecule has 0 aliphatic carbocycles. The van der Waals surface area contributed by atoms with Crippen LogP contribution in [0.25, 0.3) is 0 Å². The molecule has 2 aliphatic rings. The summed E-state index contributed by atoms with van der Waals surface area (Å²) in [5, 5.41) is 3.29. The molecule has 0 radical (unpaired) electrons. The fourth-order valence-corrected chi connectivity index (χ4v) is 3.56. The Hall–Kier alpha value is -1.06. The number of para-hydroxylation sites is 1. The van der Waals surface area contributed by atoms with E-state index in [1.165, 1.54) is 38.0 Å². The summed E-state index contributed by atoms with van der Waals surface area (Å²) in [7, 11) is 2.04. The highest BCUT2D eigenvalue weighted by Gasteiger charge is 2.29. The van der Waals surface area contributed by atoms with Gasteiger partial charge in [-0.1, -0.05) is 18.2 Å². The molecule has 110 valence electrons. The molecular weight excluding hydrogens is 248 g/mol. The normalized spacial score (nSPS) is 23.1. The molecule has 0 saturated carbocycles.